The van der Waals surface area contributed by atoms with Crippen molar-refractivity contribution in [1.82, 2.24) is 5.32 Å². The molecule has 2 atom stereocenters. The molecular weight excluding hydrogens is 130 g/mol. The molecule has 10 heavy (non-hydrogen) atoms. The molecule has 60 valence electrons. The van der Waals surface area contributed by atoms with Crippen molar-refractivity contribution in [2.45, 2.75) is 32.0 Å². The summed E-state index contributed by atoms with van der Waals surface area (Å²) in [5.74, 6) is 0. The summed E-state index contributed by atoms with van der Waals surface area (Å²) in [6, 6.07) is 0.557. The van der Waals surface area contributed by atoms with Gasteiger partial charge in [-0.3, -0.25) is 0 Å². The monoisotopic (exact) mass is 145 g/mol. The predicted molar refractivity (Wildman–Crippen MR) is 38.9 cm³/mol. The Labute approximate surface area is 61.4 Å². The highest BCUT2D eigenvalue weighted by molar-refractivity contribution is 4.81. The third-order valence-electron chi connectivity index (χ3n) is 1.60. The zero-order valence-electron chi connectivity index (χ0n) is 6.50. The van der Waals surface area contributed by atoms with E-state index in [0.717, 1.165) is 0 Å². The van der Waals surface area contributed by atoms with Crippen LogP contribution in [-0.2, 0) is 4.74 Å². The number of rotatable bonds is 2. The third kappa shape index (κ3) is 1.94. The summed E-state index contributed by atoms with van der Waals surface area (Å²) in [7, 11) is 0. The first kappa shape index (κ1) is 7.98. The first-order valence-electron chi connectivity index (χ1n) is 3.72. The van der Waals surface area contributed by atoms with Gasteiger partial charge in [-0.05, 0) is 0 Å². The molecular formula is C7H15NO2. The standard InChI is InChI=1S/C7H15NO2/c1-5(2)8-6-3-10-4-7(6)9/h5-9H,3-4H2,1-2H3/t6-,7+/m0/s1. The molecule has 0 aromatic carbocycles. The Balaban J connectivity index is 2.26. The second kappa shape index (κ2) is 3.32. The molecule has 1 aliphatic heterocycles. The van der Waals surface area contributed by atoms with E-state index in [-0.39, 0.29) is 12.1 Å². The molecule has 2 N–H and O–H groups in total. The highest BCUT2D eigenvalue weighted by atomic mass is 16.5. The van der Waals surface area contributed by atoms with Crippen molar-refractivity contribution in [3.8, 4) is 0 Å². The molecule has 1 fully saturated rings. The Morgan fingerprint density at radius 2 is 2.20 bits per heavy atom. The second-order valence-electron chi connectivity index (χ2n) is 3.03. The Hall–Kier alpha value is -0.120. The third-order valence-corrected chi connectivity index (χ3v) is 1.60. The van der Waals surface area contributed by atoms with Crippen molar-refractivity contribution in [3.05, 3.63) is 0 Å². The molecule has 1 rings (SSSR count). The summed E-state index contributed by atoms with van der Waals surface area (Å²) in [6.45, 7) is 5.24. The van der Waals surface area contributed by atoms with E-state index >= 15 is 0 Å². The van der Waals surface area contributed by atoms with Crippen molar-refractivity contribution >= 4 is 0 Å². The highest BCUT2D eigenvalue weighted by Gasteiger charge is 2.25. The molecule has 0 bridgehead atoms. The highest BCUT2D eigenvalue weighted by Crippen LogP contribution is 2.05. The number of ether oxygens (including phenoxy) is 1. The summed E-state index contributed by atoms with van der Waals surface area (Å²) in [5.41, 5.74) is 0. The lowest BCUT2D eigenvalue weighted by atomic mass is 10.2. The summed E-state index contributed by atoms with van der Waals surface area (Å²) in [5, 5.41) is 12.5. The van der Waals surface area contributed by atoms with E-state index < -0.39 is 0 Å². The first-order chi connectivity index (χ1) is 4.70. The van der Waals surface area contributed by atoms with Crippen LogP contribution in [-0.4, -0.2) is 36.5 Å². The van der Waals surface area contributed by atoms with E-state index in [4.69, 9.17) is 4.74 Å². The SMILES string of the molecule is CC(C)N[C@H]1COC[C@H]1O. The van der Waals surface area contributed by atoms with Crippen LogP contribution in [0.3, 0.4) is 0 Å². The molecule has 3 nitrogen and oxygen atoms in total. The zero-order valence-corrected chi connectivity index (χ0v) is 6.50. The van der Waals surface area contributed by atoms with Gasteiger partial charge in [-0.25, -0.2) is 0 Å². The molecule has 0 saturated carbocycles. The summed E-state index contributed by atoms with van der Waals surface area (Å²) >= 11 is 0. The molecule has 0 aromatic rings. The fourth-order valence-corrected chi connectivity index (χ4v) is 1.13. The van der Waals surface area contributed by atoms with Crippen LogP contribution in [0.15, 0.2) is 0 Å². The van der Waals surface area contributed by atoms with Crippen LogP contribution in [0.5, 0.6) is 0 Å². The predicted octanol–water partition coefficient (Wildman–Crippen LogP) is -0.256. The van der Waals surface area contributed by atoms with Crippen LogP contribution in [0.25, 0.3) is 0 Å². The van der Waals surface area contributed by atoms with Crippen molar-refractivity contribution in [2.24, 2.45) is 0 Å². The molecule has 1 aliphatic rings. The van der Waals surface area contributed by atoms with Gasteiger partial charge in [0.1, 0.15) is 0 Å². The van der Waals surface area contributed by atoms with E-state index in [1.54, 1.807) is 0 Å². The maximum atomic E-state index is 9.25. The molecule has 0 spiro atoms. The van der Waals surface area contributed by atoms with E-state index in [1.807, 2.05) is 0 Å². The van der Waals surface area contributed by atoms with Gasteiger partial charge < -0.3 is 15.2 Å². The number of aliphatic hydroxyl groups is 1. The van der Waals surface area contributed by atoms with E-state index in [1.165, 1.54) is 0 Å². The Morgan fingerprint density at radius 1 is 1.50 bits per heavy atom. The fraction of sp³-hybridized carbons (Fsp3) is 1.00. The molecule has 0 amide bonds. The maximum absolute atomic E-state index is 9.25. The van der Waals surface area contributed by atoms with Gasteiger partial charge in [-0.15, -0.1) is 0 Å². The second-order valence-corrected chi connectivity index (χ2v) is 3.03. The van der Waals surface area contributed by atoms with Gasteiger partial charge in [0.05, 0.1) is 25.4 Å². The molecule has 0 unspecified atom stereocenters. The van der Waals surface area contributed by atoms with Crippen LogP contribution in [0, 0.1) is 0 Å². The summed E-state index contributed by atoms with van der Waals surface area (Å²) < 4.78 is 5.06. The van der Waals surface area contributed by atoms with E-state index in [0.29, 0.717) is 19.3 Å². The molecule has 3 heteroatoms. The van der Waals surface area contributed by atoms with Crippen LogP contribution >= 0.6 is 0 Å². The number of aliphatic hydroxyl groups excluding tert-OH is 1. The average molecular weight is 145 g/mol. The molecule has 1 saturated heterocycles. The smallest absolute Gasteiger partial charge is 0.0948 e. The quantitative estimate of drug-likeness (QED) is 0.562. The van der Waals surface area contributed by atoms with Crippen LogP contribution < -0.4 is 5.32 Å². The molecule has 0 aliphatic carbocycles. The van der Waals surface area contributed by atoms with Crippen molar-refractivity contribution in [3.63, 3.8) is 0 Å². The number of hydrogen-bond donors (Lipinski definition) is 2. The Bertz CT molecular complexity index is 106. The van der Waals surface area contributed by atoms with Crippen LogP contribution in [0.2, 0.25) is 0 Å². The zero-order chi connectivity index (χ0) is 7.56. The van der Waals surface area contributed by atoms with Gasteiger partial charge in [0.2, 0.25) is 0 Å². The van der Waals surface area contributed by atoms with Crippen LogP contribution in [0.4, 0.5) is 0 Å². The molecule has 1 heterocycles. The van der Waals surface area contributed by atoms with Gasteiger partial charge in [0, 0.05) is 6.04 Å². The normalized spacial score (nSPS) is 33.6. The van der Waals surface area contributed by atoms with Crippen molar-refractivity contribution in [1.29, 1.82) is 0 Å². The number of hydrogen-bond acceptors (Lipinski definition) is 3. The topological polar surface area (TPSA) is 41.5 Å². The average Bonchev–Trinajstić information content (AvgIpc) is 2.15. The Kier molecular flexibility index (Phi) is 2.65. The summed E-state index contributed by atoms with van der Waals surface area (Å²) in [4.78, 5) is 0. The largest absolute Gasteiger partial charge is 0.389 e. The number of nitrogens with one attached hydrogen (secondary N) is 1. The minimum Gasteiger partial charge on any atom is -0.389 e. The van der Waals surface area contributed by atoms with Gasteiger partial charge in [-0.1, -0.05) is 13.8 Å². The fourth-order valence-electron chi connectivity index (χ4n) is 1.13. The van der Waals surface area contributed by atoms with E-state index in [9.17, 15) is 5.11 Å². The van der Waals surface area contributed by atoms with Gasteiger partial charge in [-0.2, -0.15) is 0 Å². The first-order valence-corrected chi connectivity index (χ1v) is 3.72. The van der Waals surface area contributed by atoms with Gasteiger partial charge in [0.25, 0.3) is 0 Å². The van der Waals surface area contributed by atoms with E-state index in [2.05, 4.69) is 19.2 Å². The van der Waals surface area contributed by atoms with Gasteiger partial charge >= 0.3 is 0 Å². The van der Waals surface area contributed by atoms with Crippen molar-refractivity contribution in [2.75, 3.05) is 13.2 Å². The lowest BCUT2D eigenvalue weighted by Crippen LogP contribution is -2.42. The lowest BCUT2D eigenvalue weighted by Gasteiger charge is -2.16. The lowest BCUT2D eigenvalue weighted by molar-refractivity contribution is 0.121. The summed E-state index contributed by atoms with van der Waals surface area (Å²) in [6.07, 6.45) is -0.317. The van der Waals surface area contributed by atoms with Crippen molar-refractivity contribution < 1.29 is 9.84 Å². The maximum Gasteiger partial charge on any atom is 0.0948 e. The molecule has 0 aromatic heterocycles. The van der Waals surface area contributed by atoms with Crippen LogP contribution in [0.1, 0.15) is 13.8 Å². The Morgan fingerprint density at radius 3 is 2.60 bits per heavy atom. The minimum atomic E-state index is -0.317. The van der Waals surface area contributed by atoms with Gasteiger partial charge in [0.15, 0.2) is 0 Å². The molecule has 0 radical (unpaired) electrons. The minimum absolute atomic E-state index is 0.139.